The molecule has 1 amide bonds. The molecule has 5 nitrogen and oxygen atoms in total. The molecule has 34 heavy (non-hydrogen) atoms. The van der Waals surface area contributed by atoms with Gasteiger partial charge in [0.15, 0.2) is 5.82 Å². The highest BCUT2D eigenvalue weighted by Crippen LogP contribution is 2.25. The predicted molar refractivity (Wildman–Crippen MR) is 138 cm³/mol. The van der Waals surface area contributed by atoms with Gasteiger partial charge in [0.25, 0.3) is 5.91 Å². The van der Waals surface area contributed by atoms with Crippen LogP contribution in [0.15, 0.2) is 97.1 Å². The van der Waals surface area contributed by atoms with Crippen LogP contribution in [-0.2, 0) is 4.79 Å². The molecule has 0 radical (unpaired) electrons. The molecular weight excluding hydrogens is 420 g/mol. The van der Waals surface area contributed by atoms with Crippen LogP contribution in [0.4, 0.5) is 5.82 Å². The van der Waals surface area contributed by atoms with Crippen molar-refractivity contribution in [2.75, 3.05) is 5.32 Å². The third-order valence-corrected chi connectivity index (χ3v) is 5.64. The molecule has 0 aliphatic rings. The topological polar surface area (TPSA) is 59.8 Å². The van der Waals surface area contributed by atoms with Crippen LogP contribution in [0.25, 0.3) is 28.4 Å². The molecule has 0 atom stereocenters. The third kappa shape index (κ3) is 4.36. The fourth-order valence-corrected chi connectivity index (χ4v) is 4.00. The number of anilines is 1. The van der Waals surface area contributed by atoms with Gasteiger partial charge in [-0.3, -0.25) is 4.79 Å². The van der Waals surface area contributed by atoms with Crippen LogP contribution in [-0.4, -0.2) is 20.7 Å². The summed E-state index contributed by atoms with van der Waals surface area (Å²) in [5, 5.41) is 8.78. The van der Waals surface area contributed by atoms with Gasteiger partial charge in [0, 0.05) is 17.0 Å². The predicted octanol–water partition coefficient (Wildman–Crippen LogP) is 6.22. The van der Waals surface area contributed by atoms with Crippen LogP contribution in [0, 0.1) is 13.8 Å². The Hall–Kier alpha value is -4.51. The van der Waals surface area contributed by atoms with Crippen LogP contribution < -0.4 is 5.32 Å². The van der Waals surface area contributed by atoms with Crippen molar-refractivity contribution in [3.05, 3.63) is 119 Å². The van der Waals surface area contributed by atoms with Crippen LogP contribution in [0.1, 0.15) is 22.4 Å². The number of rotatable bonds is 5. The molecule has 0 fully saturated rings. The minimum Gasteiger partial charge on any atom is -0.306 e. The van der Waals surface area contributed by atoms with E-state index in [0.717, 1.165) is 33.3 Å². The number of fused-ring (bicyclic) bond motifs is 1. The summed E-state index contributed by atoms with van der Waals surface area (Å²) in [7, 11) is 0. The number of carbonyl (C=O) groups excluding carboxylic acids is 1. The second kappa shape index (κ2) is 9.16. The van der Waals surface area contributed by atoms with E-state index >= 15 is 0 Å². The molecule has 1 N–H and O–H groups in total. The van der Waals surface area contributed by atoms with Gasteiger partial charge in [-0.25, -0.2) is 4.98 Å². The molecule has 3 aromatic carbocycles. The van der Waals surface area contributed by atoms with Crippen molar-refractivity contribution in [2.24, 2.45) is 0 Å². The van der Waals surface area contributed by atoms with Gasteiger partial charge in [0.2, 0.25) is 0 Å². The van der Waals surface area contributed by atoms with Crippen LogP contribution in [0.5, 0.6) is 0 Å². The van der Waals surface area contributed by atoms with E-state index in [2.05, 4.69) is 23.4 Å². The number of pyridine rings is 1. The molecule has 0 unspecified atom stereocenters. The van der Waals surface area contributed by atoms with Crippen LogP contribution in [0.2, 0.25) is 0 Å². The molecule has 5 rings (SSSR count). The summed E-state index contributed by atoms with van der Waals surface area (Å²) in [5.41, 5.74) is 5.13. The Morgan fingerprint density at radius 2 is 1.53 bits per heavy atom. The number of benzene rings is 3. The molecule has 0 spiro atoms. The first kappa shape index (κ1) is 21.3. The first-order valence-electron chi connectivity index (χ1n) is 11.2. The third-order valence-electron chi connectivity index (χ3n) is 5.64. The van der Waals surface area contributed by atoms with E-state index in [1.807, 2.05) is 104 Å². The molecule has 0 saturated carbocycles. The summed E-state index contributed by atoms with van der Waals surface area (Å²) in [4.78, 5) is 18.3. The first-order chi connectivity index (χ1) is 16.6. The number of aryl methyl sites for hydroxylation is 2. The van der Waals surface area contributed by atoms with Gasteiger partial charge in [0.05, 0.1) is 11.2 Å². The van der Waals surface area contributed by atoms with Crippen LogP contribution >= 0.6 is 0 Å². The number of hydrogen-bond donors (Lipinski definition) is 1. The summed E-state index contributed by atoms with van der Waals surface area (Å²) >= 11 is 0. The average Bonchev–Trinajstić information content (AvgIpc) is 3.23. The average molecular weight is 445 g/mol. The Labute approximate surface area is 198 Å². The highest BCUT2D eigenvalue weighted by atomic mass is 16.1. The van der Waals surface area contributed by atoms with Crippen molar-refractivity contribution in [3.8, 4) is 5.82 Å². The van der Waals surface area contributed by atoms with Crippen molar-refractivity contribution in [2.45, 2.75) is 13.8 Å². The number of aromatic nitrogens is 3. The van der Waals surface area contributed by atoms with Crippen molar-refractivity contribution in [1.82, 2.24) is 14.8 Å². The quantitative estimate of drug-likeness (QED) is 0.259. The highest BCUT2D eigenvalue weighted by Gasteiger charge is 2.17. The zero-order valence-electron chi connectivity index (χ0n) is 19.1. The lowest BCUT2D eigenvalue weighted by atomic mass is 10.0. The minimum atomic E-state index is -0.214. The maximum absolute atomic E-state index is 13.5. The lowest BCUT2D eigenvalue weighted by Crippen LogP contribution is -2.17. The van der Waals surface area contributed by atoms with Crippen molar-refractivity contribution in [1.29, 1.82) is 0 Å². The van der Waals surface area contributed by atoms with Crippen LogP contribution in [0.3, 0.4) is 0 Å². The number of nitrogens with zero attached hydrogens (tertiary/aromatic N) is 3. The number of hydrogen-bond acceptors (Lipinski definition) is 3. The maximum Gasteiger partial charge on any atom is 0.257 e. The van der Waals surface area contributed by atoms with E-state index in [0.29, 0.717) is 17.2 Å². The molecule has 0 saturated heterocycles. The maximum atomic E-state index is 13.5. The fraction of sp³-hybridized carbons (Fsp3) is 0.0690. The smallest absolute Gasteiger partial charge is 0.257 e. The van der Waals surface area contributed by atoms with E-state index in [-0.39, 0.29) is 5.91 Å². The molecule has 166 valence electrons. The van der Waals surface area contributed by atoms with Gasteiger partial charge in [-0.2, -0.15) is 9.78 Å². The van der Waals surface area contributed by atoms with Crippen molar-refractivity contribution >= 4 is 34.3 Å². The molecule has 0 aliphatic heterocycles. The molecule has 2 aromatic heterocycles. The summed E-state index contributed by atoms with van der Waals surface area (Å²) in [5.74, 6) is 1.01. The fourth-order valence-electron chi connectivity index (χ4n) is 4.00. The molecule has 5 aromatic rings. The zero-order chi connectivity index (χ0) is 23.5. The van der Waals surface area contributed by atoms with Gasteiger partial charge >= 0.3 is 0 Å². The van der Waals surface area contributed by atoms with E-state index < -0.39 is 0 Å². The van der Waals surface area contributed by atoms with Gasteiger partial charge in [0.1, 0.15) is 5.82 Å². The van der Waals surface area contributed by atoms with Gasteiger partial charge in [-0.05, 0) is 48.7 Å². The van der Waals surface area contributed by atoms with Crippen molar-refractivity contribution in [3.63, 3.8) is 0 Å². The molecular formula is C29H24N4O. The number of amides is 1. The van der Waals surface area contributed by atoms with Gasteiger partial charge < -0.3 is 5.32 Å². The van der Waals surface area contributed by atoms with Gasteiger partial charge in [-0.15, -0.1) is 0 Å². The first-order valence-corrected chi connectivity index (χ1v) is 11.2. The standard InChI is InChI=1S/C29H24N4O/c1-20-17-27(30-26-16-10-9-15-24(20)26)33-28(18-21(2)32-33)31-29(34)25(23-13-7-4-8-14-23)19-22-11-5-3-6-12-22/h3-19H,1-2H3,(H,31,34)/b25-19-. The Morgan fingerprint density at radius 1 is 0.853 bits per heavy atom. The molecule has 5 heteroatoms. The van der Waals surface area contributed by atoms with Gasteiger partial charge in [-0.1, -0.05) is 78.9 Å². The Bertz CT molecular complexity index is 1500. The highest BCUT2D eigenvalue weighted by molar-refractivity contribution is 6.29. The molecule has 0 bridgehead atoms. The lowest BCUT2D eigenvalue weighted by molar-refractivity contribution is -0.111. The van der Waals surface area contributed by atoms with E-state index in [1.165, 1.54) is 0 Å². The van der Waals surface area contributed by atoms with Crippen molar-refractivity contribution < 1.29 is 4.79 Å². The molecule has 0 aliphatic carbocycles. The van der Waals surface area contributed by atoms with E-state index in [9.17, 15) is 4.79 Å². The van der Waals surface area contributed by atoms with E-state index in [1.54, 1.807) is 4.68 Å². The number of carbonyl (C=O) groups is 1. The summed E-state index contributed by atoms with van der Waals surface area (Å²) < 4.78 is 1.69. The molecule has 2 heterocycles. The largest absolute Gasteiger partial charge is 0.306 e. The summed E-state index contributed by atoms with van der Waals surface area (Å²) in [6.07, 6.45) is 1.90. The minimum absolute atomic E-state index is 0.214. The monoisotopic (exact) mass is 444 g/mol. The van der Waals surface area contributed by atoms with E-state index in [4.69, 9.17) is 4.98 Å². The summed E-state index contributed by atoms with van der Waals surface area (Å²) in [6, 6.07) is 31.3. The second-order valence-corrected chi connectivity index (χ2v) is 8.19. The Kier molecular flexibility index (Phi) is 5.75. The zero-order valence-corrected chi connectivity index (χ0v) is 19.1. The number of para-hydroxylation sites is 1. The SMILES string of the molecule is Cc1cc(NC(=O)/C(=C\c2ccccc2)c2ccccc2)n(-c2cc(C)c3ccccc3n2)n1. The lowest BCUT2D eigenvalue weighted by Gasteiger charge is -2.12. The summed E-state index contributed by atoms with van der Waals surface area (Å²) in [6.45, 7) is 3.95. The number of nitrogens with one attached hydrogen (secondary N) is 1. The normalized spacial score (nSPS) is 11.5. The Morgan fingerprint density at radius 3 is 2.29 bits per heavy atom. The Balaban J connectivity index is 1.54. The second-order valence-electron chi connectivity index (χ2n) is 8.19.